The lowest BCUT2D eigenvalue weighted by atomic mass is 10.0. The molecule has 0 bridgehead atoms. The summed E-state index contributed by atoms with van der Waals surface area (Å²) in [7, 11) is 0. The maximum atomic E-state index is 11.2. The van der Waals surface area contributed by atoms with Crippen LogP contribution >= 0.6 is 23.0 Å². The molecule has 0 heterocycles. The standard InChI is InChI=1S/C9H18INO3/c1-8(2)9(12)6-4-3-5-7-11-14-13-10/h8,11H,3-7H2,1-2H3. The average Bonchev–Trinajstić information content (AvgIpc) is 2.16. The summed E-state index contributed by atoms with van der Waals surface area (Å²) in [5, 5.41) is 0. The van der Waals surface area contributed by atoms with Crippen LogP contribution in [0.4, 0.5) is 0 Å². The van der Waals surface area contributed by atoms with Crippen molar-refractivity contribution < 1.29 is 13.0 Å². The van der Waals surface area contributed by atoms with Gasteiger partial charge in [0.25, 0.3) is 0 Å². The Bertz CT molecular complexity index is 153. The molecule has 0 aliphatic carbocycles. The number of ketones is 1. The maximum Gasteiger partial charge on any atom is 0.157 e. The number of Topliss-reactive ketones (excluding diaryl/α,β-unsaturated/α-hetero) is 1. The van der Waals surface area contributed by atoms with Crippen LogP contribution in [-0.2, 0) is 13.0 Å². The highest BCUT2D eigenvalue weighted by Gasteiger charge is 2.05. The van der Waals surface area contributed by atoms with Crippen LogP contribution in [0.15, 0.2) is 0 Å². The van der Waals surface area contributed by atoms with Crippen LogP contribution in [-0.4, -0.2) is 12.3 Å². The predicted molar refractivity (Wildman–Crippen MR) is 62.5 cm³/mol. The van der Waals surface area contributed by atoms with Gasteiger partial charge in [-0.2, -0.15) is 5.48 Å². The van der Waals surface area contributed by atoms with Gasteiger partial charge in [-0.1, -0.05) is 20.3 Å². The van der Waals surface area contributed by atoms with E-state index in [0.29, 0.717) is 12.2 Å². The molecule has 14 heavy (non-hydrogen) atoms. The van der Waals surface area contributed by atoms with Crippen LogP contribution in [0.5, 0.6) is 0 Å². The zero-order valence-electron chi connectivity index (χ0n) is 8.72. The van der Waals surface area contributed by atoms with E-state index < -0.39 is 0 Å². The van der Waals surface area contributed by atoms with Crippen LogP contribution in [0.3, 0.4) is 0 Å². The highest BCUT2D eigenvalue weighted by molar-refractivity contribution is 14.1. The number of carbonyl (C=O) groups is 1. The molecule has 84 valence electrons. The zero-order chi connectivity index (χ0) is 10.8. The quantitative estimate of drug-likeness (QED) is 0.307. The molecule has 4 nitrogen and oxygen atoms in total. The Morgan fingerprint density at radius 1 is 1.36 bits per heavy atom. The van der Waals surface area contributed by atoms with Gasteiger partial charge in [0.1, 0.15) is 5.78 Å². The Balaban J connectivity index is 3.10. The molecule has 0 saturated carbocycles. The van der Waals surface area contributed by atoms with Gasteiger partial charge in [-0.25, -0.2) is 0 Å². The number of carbonyl (C=O) groups excluding carboxylic acids is 1. The lowest BCUT2D eigenvalue weighted by molar-refractivity contribution is -0.222. The zero-order valence-corrected chi connectivity index (χ0v) is 10.9. The van der Waals surface area contributed by atoms with Crippen molar-refractivity contribution in [3.8, 4) is 0 Å². The van der Waals surface area contributed by atoms with E-state index in [0.717, 1.165) is 25.8 Å². The number of rotatable bonds is 9. The predicted octanol–water partition coefficient (Wildman–Crippen LogP) is 2.57. The van der Waals surface area contributed by atoms with Gasteiger partial charge in [0.15, 0.2) is 23.0 Å². The normalized spacial score (nSPS) is 10.9. The molecule has 0 atom stereocenters. The van der Waals surface area contributed by atoms with Crippen LogP contribution < -0.4 is 5.48 Å². The first-order chi connectivity index (χ1) is 6.68. The summed E-state index contributed by atoms with van der Waals surface area (Å²) in [6.07, 6.45) is 3.69. The minimum absolute atomic E-state index is 0.170. The van der Waals surface area contributed by atoms with Crippen LogP contribution in [0.25, 0.3) is 0 Å². The van der Waals surface area contributed by atoms with Crippen molar-refractivity contribution >= 4 is 28.8 Å². The van der Waals surface area contributed by atoms with Crippen LogP contribution in [0.1, 0.15) is 39.5 Å². The Morgan fingerprint density at radius 3 is 2.64 bits per heavy atom. The Hall–Kier alpha value is 0.280. The van der Waals surface area contributed by atoms with Crippen LogP contribution in [0, 0.1) is 5.92 Å². The van der Waals surface area contributed by atoms with E-state index in [-0.39, 0.29) is 5.92 Å². The van der Waals surface area contributed by atoms with Crippen molar-refractivity contribution in [3.05, 3.63) is 0 Å². The van der Waals surface area contributed by atoms with Gasteiger partial charge in [0.2, 0.25) is 0 Å². The maximum absolute atomic E-state index is 11.2. The van der Waals surface area contributed by atoms with E-state index in [1.807, 2.05) is 13.8 Å². The summed E-state index contributed by atoms with van der Waals surface area (Å²) < 4.78 is 4.32. The first kappa shape index (κ1) is 14.3. The van der Waals surface area contributed by atoms with Gasteiger partial charge in [-0.15, -0.1) is 8.21 Å². The lowest BCUT2D eigenvalue weighted by Crippen LogP contribution is -2.14. The summed E-state index contributed by atoms with van der Waals surface area (Å²) in [6.45, 7) is 4.63. The molecule has 0 spiro atoms. The summed E-state index contributed by atoms with van der Waals surface area (Å²) >= 11 is 1.64. The van der Waals surface area contributed by atoms with Gasteiger partial charge in [0, 0.05) is 18.9 Å². The fourth-order valence-electron chi connectivity index (χ4n) is 1.03. The topological polar surface area (TPSA) is 47.6 Å². The van der Waals surface area contributed by atoms with Crippen molar-refractivity contribution in [2.75, 3.05) is 6.54 Å². The molecule has 5 heteroatoms. The molecule has 0 rings (SSSR count). The van der Waals surface area contributed by atoms with E-state index in [4.69, 9.17) is 0 Å². The fourth-order valence-corrected chi connectivity index (χ4v) is 1.15. The van der Waals surface area contributed by atoms with Crippen molar-refractivity contribution in [2.24, 2.45) is 5.92 Å². The third kappa shape index (κ3) is 8.86. The van der Waals surface area contributed by atoms with Crippen molar-refractivity contribution in [3.63, 3.8) is 0 Å². The molecule has 0 aliphatic heterocycles. The summed E-state index contributed by atoms with van der Waals surface area (Å²) in [6, 6.07) is 0. The van der Waals surface area contributed by atoms with E-state index in [9.17, 15) is 4.79 Å². The van der Waals surface area contributed by atoms with Gasteiger partial charge in [-0.05, 0) is 12.8 Å². The molecule has 0 saturated heterocycles. The highest BCUT2D eigenvalue weighted by Crippen LogP contribution is 2.05. The molecule has 0 fully saturated rings. The highest BCUT2D eigenvalue weighted by atomic mass is 127. The number of hydrogen-bond acceptors (Lipinski definition) is 4. The molecule has 0 aromatic rings. The van der Waals surface area contributed by atoms with E-state index in [1.165, 1.54) is 0 Å². The summed E-state index contributed by atoms with van der Waals surface area (Å²) in [5.74, 6) is 0.522. The second-order valence-electron chi connectivity index (χ2n) is 3.47. The Morgan fingerprint density at radius 2 is 2.07 bits per heavy atom. The Kier molecular flexibility index (Phi) is 10.0. The minimum atomic E-state index is 0.170. The van der Waals surface area contributed by atoms with E-state index in [1.54, 1.807) is 23.0 Å². The van der Waals surface area contributed by atoms with Gasteiger partial charge >= 0.3 is 0 Å². The van der Waals surface area contributed by atoms with Gasteiger partial charge < -0.3 is 0 Å². The van der Waals surface area contributed by atoms with Crippen molar-refractivity contribution in [1.82, 2.24) is 5.48 Å². The van der Waals surface area contributed by atoms with Crippen LogP contribution in [0.2, 0.25) is 0 Å². The number of halogens is 1. The molecule has 0 amide bonds. The SMILES string of the molecule is CC(C)C(=O)CCCCCNOOI. The molecule has 0 aliphatic rings. The molecular weight excluding hydrogens is 297 g/mol. The third-order valence-corrected chi connectivity index (χ3v) is 2.12. The first-order valence-corrected chi connectivity index (χ1v) is 5.76. The van der Waals surface area contributed by atoms with E-state index in [2.05, 4.69) is 13.7 Å². The minimum Gasteiger partial charge on any atom is -0.299 e. The number of hydrogen-bond donors (Lipinski definition) is 1. The first-order valence-electron chi connectivity index (χ1n) is 4.88. The lowest BCUT2D eigenvalue weighted by Gasteiger charge is -2.03. The summed E-state index contributed by atoms with van der Waals surface area (Å²) in [4.78, 5) is 15.7. The molecular formula is C9H18INO3. The molecule has 0 radical (unpaired) electrons. The third-order valence-electron chi connectivity index (χ3n) is 1.94. The van der Waals surface area contributed by atoms with Gasteiger partial charge in [0.05, 0.1) is 0 Å². The second kappa shape index (κ2) is 9.82. The molecule has 0 aromatic carbocycles. The monoisotopic (exact) mass is 315 g/mol. The summed E-state index contributed by atoms with van der Waals surface area (Å²) in [5.41, 5.74) is 2.63. The fraction of sp³-hybridized carbons (Fsp3) is 0.889. The molecule has 1 N–H and O–H groups in total. The van der Waals surface area contributed by atoms with E-state index >= 15 is 0 Å². The average molecular weight is 315 g/mol. The largest absolute Gasteiger partial charge is 0.299 e. The number of unbranched alkanes of at least 4 members (excludes halogenated alkanes) is 2. The number of nitrogens with one attached hydrogen (secondary N) is 1. The van der Waals surface area contributed by atoms with Crippen molar-refractivity contribution in [2.45, 2.75) is 39.5 Å². The molecule has 0 aromatic heterocycles. The number of hydroxylamine groups is 1. The smallest absolute Gasteiger partial charge is 0.157 e. The second-order valence-corrected chi connectivity index (χ2v) is 3.83. The van der Waals surface area contributed by atoms with Gasteiger partial charge in [-0.3, -0.25) is 4.79 Å². The Labute approximate surface area is 99.3 Å². The molecule has 0 unspecified atom stereocenters. The van der Waals surface area contributed by atoms with Crippen molar-refractivity contribution in [1.29, 1.82) is 0 Å².